The van der Waals surface area contributed by atoms with Crippen LogP contribution in [0.1, 0.15) is 20.8 Å². The topological polar surface area (TPSA) is 88.2 Å². The van der Waals surface area contributed by atoms with E-state index >= 15 is 0 Å². The average Bonchev–Trinajstić information content (AvgIpc) is 2.73. The Bertz CT molecular complexity index is 621. The fourth-order valence-corrected chi connectivity index (χ4v) is 1.97. The van der Waals surface area contributed by atoms with Gasteiger partial charge in [0.2, 0.25) is 0 Å². The van der Waals surface area contributed by atoms with Crippen molar-refractivity contribution in [2.75, 3.05) is 18.6 Å². The van der Waals surface area contributed by atoms with Crippen molar-refractivity contribution in [3.05, 3.63) is 24.3 Å². The smallest absolute Gasteiger partial charge is 0.427 e. The summed E-state index contributed by atoms with van der Waals surface area (Å²) in [4.78, 5) is 37.2. The number of ether oxygens (including phenoxy) is 2. The van der Waals surface area contributed by atoms with E-state index in [1.165, 1.54) is 12.0 Å². The van der Waals surface area contributed by atoms with E-state index in [9.17, 15) is 14.4 Å². The number of hydrazine groups is 1. The van der Waals surface area contributed by atoms with E-state index in [1.54, 1.807) is 45.0 Å². The molecule has 0 atom stereocenters. The van der Waals surface area contributed by atoms with Gasteiger partial charge in [0, 0.05) is 5.69 Å². The third kappa shape index (κ3) is 3.91. The highest BCUT2D eigenvalue weighted by molar-refractivity contribution is 6.12. The second kappa shape index (κ2) is 6.15. The van der Waals surface area contributed by atoms with E-state index in [0.29, 0.717) is 16.4 Å². The molecule has 124 valence electrons. The molecule has 1 aromatic carbocycles. The van der Waals surface area contributed by atoms with E-state index in [-0.39, 0.29) is 6.54 Å². The Labute approximate surface area is 133 Å². The van der Waals surface area contributed by atoms with Gasteiger partial charge in [0.05, 0.1) is 7.11 Å². The Balaban J connectivity index is 2.08. The van der Waals surface area contributed by atoms with Crippen LogP contribution in [-0.2, 0) is 9.53 Å². The van der Waals surface area contributed by atoms with Crippen LogP contribution in [0, 0.1) is 0 Å². The Morgan fingerprint density at radius 2 is 1.78 bits per heavy atom. The number of nitrogens with zero attached hydrogens (tertiary/aromatic N) is 2. The summed E-state index contributed by atoms with van der Waals surface area (Å²) >= 11 is 0. The molecule has 1 heterocycles. The minimum absolute atomic E-state index is 0.166. The van der Waals surface area contributed by atoms with Crippen molar-refractivity contribution in [3.8, 4) is 5.75 Å². The Hall–Kier alpha value is -2.77. The van der Waals surface area contributed by atoms with E-state index in [0.717, 1.165) is 0 Å². The lowest BCUT2D eigenvalue weighted by molar-refractivity contribution is -0.127. The minimum Gasteiger partial charge on any atom is -0.497 e. The molecule has 23 heavy (non-hydrogen) atoms. The number of amides is 4. The van der Waals surface area contributed by atoms with Gasteiger partial charge in [-0.1, -0.05) is 0 Å². The molecule has 1 N–H and O–H groups in total. The van der Waals surface area contributed by atoms with Crippen molar-refractivity contribution in [1.29, 1.82) is 0 Å². The van der Waals surface area contributed by atoms with Crippen LogP contribution >= 0.6 is 0 Å². The summed E-state index contributed by atoms with van der Waals surface area (Å²) in [5.74, 6) is 0.0899. The van der Waals surface area contributed by atoms with Crippen LogP contribution in [0.5, 0.6) is 5.75 Å². The molecule has 1 aliphatic rings. The molecule has 8 nitrogen and oxygen atoms in total. The first-order chi connectivity index (χ1) is 10.7. The van der Waals surface area contributed by atoms with Crippen LogP contribution < -0.4 is 15.1 Å². The number of nitrogens with one attached hydrogen (secondary N) is 1. The van der Waals surface area contributed by atoms with Crippen molar-refractivity contribution in [3.63, 3.8) is 0 Å². The fraction of sp³-hybridized carbons (Fsp3) is 0.400. The fourth-order valence-electron chi connectivity index (χ4n) is 1.97. The van der Waals surface area contributed by atoms with Gasteiger partial charge in [-0.25, -0.2) is 15.0 Å². The van der Waals surface area contributed by atoms with Crippen LogP contribution in [0.2, 0.25) is 0 Å². The Kier molecular flexibility index (Phi) is 4.44. The van der Waals surface area contributed by atoms with Crippen molar-refractivity contribution in [1.82, 2.24) is 10.4 Å². The second-order valence-corrected chi connectivity index (χ2v) is 5.91. The number of rotatable bonds is 3. The van der Waals surface area contributed by atoms with Crippen LogP contribution in [0.3, 0.4) is 0 Å². The molecule has 0 aromatic heterocycles. The zero-order valence-corrected chi connectivity index (χ0v) is 13.5. The first-order valence-corrected chi connectivity index (χ1v) is 6.99. The quantitative estimate of drug-likeness (QED) is 0.859. The molecule has 0 saturated carbocycles. The SMILES string of the molecule is COc1ccc(N2CC(=O)N(NC(=O)OC(C)(C)C)C2=O)cc1. The summed E-state index contributed by atoms with van der Waals surface area (Å²) in [5, 5.41) is 0.651. The number of urea groups is 1. The lowest BCUT2D eigenvalue weighted by Crippen LogP contribution is -2.48. The molecule has 1 aromatic rings. The average molecular weight is 321 g/mol. The van der Waals surface area contributed by atoms with Crippen LogP contribution in [0.15, 0.2) is 24.3 Å². The molecule has 0 unspecified atom stereocenters. The van der Waals surface area contributed by atoms with Gasteiger partial charge < -0.3 is 9.47 Å². The zero-order chi connectivity index (χ0) is 17.2. The number of carbonyl (C=O) groups is 3. The predicted molar refractivity (Wildman–Crippen MR) is 82.0 cm³/mol. The van der Waals surface area contributed by atoms with E-state index < -0.39 is 23.6 Å². The first kappa shape index (κ1) is 16.6. The number of hydrogen-bond donors (Lipinski definition) is 1. The van der Waals surface area contributed by atoms with Gasteiger partial charge in [-0.3, -0.25) is 9.69 Å². The number of benzene rings is 1. The van der Waals surface area contributed by atoms with Crippen molar-refractivity contribution < 1.29 is 23.9 Å². The maximum atomic E-state index is 12.3. The maximum Gasteiger partial charge on any atom is 0.427 e. The van der Waals surface area contributed by atoms with Crippen molar-refractivity contribution in [2.24, 2.45) is 0 Å². The molecule has 8 heteroatoms. The number of imide groups is 1. The van der Waals surface area contributed by atoms with Gasteiger partial charge in [-0.05, 0) is 45.0 Å². The highest BCUT2D eigenvalue weighted by Crippen LogP contribution is 2.23. The summed E-state index contributed by atoms with van der Waals surface area (Å²) in [6, 6.07) is 6.02. The van der Waals surface area contributed by atoms with Crippen LogP contribution in [0.25, 0.3) is 0 Å². The maximum absolute atomic E-state index is 12.3. The Morgan fingerprint density at radius 1 is 1.17 bits per heavy atom. The van der Waals surface area contributed by atoms with E-state index in [4.69, 9.17) is 9.47 Å². The van der Waals surface area contributed by atoms with E-state index in [2.05, 4.69) is 5.43 Å². The van der Waals surface area contributed by atoms with Gasteiger partial charge in [-0.15, -0.1) is 0 Å². The monoisotopic (exact) mass is 321 g/mol. The molecular formula is C15H19N3O5. The summed E-state index contributed by atoms with van der Waals surface area (Å²) in [5.41, 5.74) is 1.96. The molecule has 0 bridgehead atoms. The number of carbonyl (C=O) groups excluding carboxylic acids is 3. The largest absolute Gasteiger partial charge is 0.497 e. The zero-order valence-electron chi connectivity index (χ0n) is 13.5. The van der Waals surface area contributed by atoms with Gasteiger partial charge in [0.15, 0.2) is 0 Å². The van der Waals surface area contributed by atoms with Gasteiger partial charge in [0.1, 0.15) is 17.9 Å². The van der Waals surface area contributed by atoms with Crippen LogP contribution in [-0.4, -0.2) is 42.3 Å². The molecule has 0 spiro atoms. The van der Waals surface area contributed by atoms with Crippen molar-refractivity contribution in [2.45, 2.75) is 26.4 Å². The third-order valence-corrected chi connectivity index (χ3v) is 2.95. The summed E-state index contributed by atoms with van der Waals surface area (Å²) in [7, 11) is 1.53. The lowest BCUT2D eigenvalue weighted by Gasteiger charge is -2.22. The van der Waals surface area contributed by atoms with Gasteiger partial charge >= 0.3 is 12.1 Å². The molecule has 2 rings (SSSR count). The van der Waals surface area contributed by atoms with Crippen LogP contribution in [0.4, 0.5) is 15.3 Å². The number of anilines is 1. The predicted octanol–water partition coefficient (Wildman–Crippen LogP) is 1.90. The second-order valence-electron chi connectivity index (χ2n) is 5.91. The molecule has 1 aliphatic heterocycles. The standard InChI is InChI=1S/C15H19N3O5/c1-15(2,3)23-13(20)16-18-12(19)9-17(14(18)21)10-5-7-11(22-4)8-6-10/h5-8H,9H2,1-4H3,(H,16,20). The highest BCUT2D eigenvalue weighted by Gasteiger charge is 2.39. The molecule has 0 aliphatic carbocycles. The Morgan fingerprint density at radius 3 is 2.30 bits per heavy atom. The summed E-state index contributed by atoms with van der Waals surface area (Å²) < 4.78 is 10.1. The van der Waals surface area contributed by atoms with Gasteiger partial charge in [0.25, 0.3) is 5.91 Å². The highest BCUT2D eigenvalue weighted by atomic mass is 16.6. The minimum atomic E-state index is -0.865. The molecule has 4 amide bonds. The number of hydrogen-bond acceptors (Lipinski definition) is 5. The molecule has 1 fully saturated rings. The lowest BCUT2D eigenvalue weighted by atomic mass is 10.2. The molecular weight excluding hydrogens is 302 g/mol. The number of methoxy groups -OCH3 is 1. The summed E-state index contributed by atoms with van der Waals surface area (Å²) in [6.07, 6.45) is -0.865. The third-order valence-electron chi connectivity index (χ3n) is 2.95. The normalized spacial score (nSPS) is 15.0. The van der Waals surface area contributed by atoms with Crippen molar-refractivity contribution >= 4 is 23.7 Å². The summed E-state index contributed by atoms with van der Waals surface area (Å²) in [6.45, 7) is 4.89. The molecule has 1 saturated heterocycles. The van der Waals surface area contributed by atoms with Gasteiger partial charge in [-0.2, -0.15) is 5.01 Å². The molecule has 0 radical (unpaired) electrons. The first-order valence-electron chi connectivity index (χ1n) is 6.99. The van der Waals surface area contributed by atoms with E-state index in [1.807, 2.05) is 0 Å².